The molecule has 1 aliphatic heterocycles. The first-order valence-electron chi connectivity index (χ1n) is 9.47. The van der Waals surface area contributed by atoms with Gasteiger partial charge in [0.15, 0.2) is 0 Å². The molecule has 0 bridgehead atoms. The molecule has 1 fully saturated rings. The molecule has 1 amide bonds. The second-order valence-corrected chi connectivity index (χ2v) is 8.19. The molecule has 6 nitrogen and oxygen atoms in total. The molecule has 0 radical (unpaired) electrons. The first-order valence-corrected chi connectivity index (χ1v) is 10.3. The van der Waals surface area contributed by atoms with Crippen molar-refractivity contribution >= 4 is 17.2 Å². The number of nitrogens with zero attached hydrogens (tertiary/aromatic N) is 3. The van der Waals surface area contributed by atoms with Gasteiger partial charge in [0, 0.05) is 43.8 Å². The van der Waals surface area contributed by atoms with Crippen LogP contribution in [0.25, 0.3) is 0 Å². The summed E-state index contributed by atoms with van der Waals surface area (Å²) in [6, 6.07) is 7.65. The average molecular weight is 443 g/mol. The van der Waals surface area contributed by atoms with Crippen LogP contribution in [0.15, 0.2) is 29.6 Å². The molecule has 1 unspecified atom stereocenters. The monoisotopic (exact) mass is 443 g/mol. The van der Waals surface area contributed by atoms with Gasteiger partial charge in [-0.25, -0.2) is 4.98 Å². The van der Waals surface area contributed by atoms with Gasteiger partial charge in [-0.2, -0.15) is 13.2 Å². The molecule has 1 N–H and O–H groups in total. The number of carbonyl (C=O) groups excluding carboxylic acids is 1. The van der Waals surface area contributed by atoms with E-state index in [-0.39, 0.29) is 0 Å². The highest BCUT2D eigenvalue weighted by molar-refractivity contribution is 7.09. The van der Waals surface area contributed by atoms with E-state index >= 15 is 0 Å². The Morgan fingerprint density at radius 1 is 1.20 bits per heavy atom. The Kier molecular flexibility index (Phi) is 6.68. The first-order chi connectivity index (χ1) is 14.1. The number of alkyl halides is 3. The minimum absolute atomic E-state index is 0.305. The number of benzene rings is 1. The zero-order chi connectivity index (χ0) is 21.9. The predicted molar refractivity (Wildman–Crippen MR) is 106 cm³/mol. The predicted octanol–water partition coefficient (Wildman–Crippen LogP) is 2.94. The van der Waals surface area contributed by atoms with Crippen LogP contribution in [0.5, 0.6) is 5.75 Å². The van der Waals surface area contributed by atoms with Crippen LogP contribution in [-0.4, -0.2) is 65.3 Å². The van der Waals surface area contributed by atoms with Crippen molar-refractivity contribution in [3.05, 3.63) is 45.9 Å². The number of ether oxygens (including phenoxy) is 1. The number of amides is 1. The quantitative estimate of drug-likeness (QED) is 0.744. The summed E-state index contributed by atoms with van der Waals surface area (Å²) in [5, 5.41) is 11.3. The van der Waals surface area contributed by atoms with Crippen molar-refractivity contribution in [2.75, 3.05) is 33.3 Å². The van der Waals surface area contributed by atoms with Gasteiger partial charge in [-0.1, -0.05) is 12.1 Å². The molecular weight excluding hydrogens is 419 g/mol. The van der Waals surface area contributed by atoms with Crippen LogP contribution in [0.3, 0.4) is 0 Å². The number of aliphatic hydroxyl groups is 1. The van der Waals surface area contributed by atoms with Crippen LogP contribution in [0, 0.1) is 6.92 Å². The Labute approximate surface area is 176 Å². The van der Waals surface area contributed by atoms with E-state index in [1.54, 1.807) is 14.0 Å². The van der Waals surface area contributed by atoms with Gasteiger partial charge < -0.3 is 14.7 Å². The third kappa shape index (κ3) is 4.93. The Bertz CT molecular complexity index is 864. The van der Waals surface area contributed by atoms with Gasteiger partial charge in [-0.05, 0) is 24.6 Å². The van der Waals surface area contributed by atoms with Crippen molar-refractivity contribution in [2.45, 2.75) is 31.7 Å². The molecular formula is C20H24F3N3O3S. The lowest BCUT2D eigenvalue weighted by Crippen LogP contribution is -2.52. The first kappa shape index (κ1) is 22.5. The molecule has 1 saturated heterocycles. The van der Waals surface area contributed by atoms with E-state index in [4.69, 9.17) is 4.74 Å². The summed E-state index contributed by atoms with van der Waals surface area (Å²) in [5.74, 6) is 0.0357. The Balaban J connectivity index is 1.59. The maximum Gasteiger partial charge on any atom is 0.424 e. The smallest absolute Gasteiger partial charge is 0.424 e. The number of halogens is 3. The molecule has 1 aromatic heterocycles. The lowest BCUT2D eigenvalue weighted by atomic mass is 9.98. The molecule has 0 aliphatic carbocycles. The summed E-state index contributed by atoms with van der Waals surface area (Å²) >= 11 is 0.707. The van der Waals surface area contributed by atoms with Gasteiger partial charge in [0.25, 0.3) is 0 Å². The van der Waals surface area contributed by atoms with Crippen molar-refractivity contribution in [2.24, 2.45) is 0 Å². The number of hydrogen-bond donors (Lipinski definition) is 1. The van der Waals surface area contributed by atoms with E-state index in [1.165, 1.54) is 10.3 Å². The van der Waals surface area contributed by atoms with Gasteiger partial charge in [0.1, 0.15) is 10.8 Å². The fourth-order valence-corrected chi connectivity index (χ4v) is 4.23. The molecule has 1 atom stereocenters. The Morgan fingerprint density at radius 2 is 1.83 bits per heavy atom. The maximum absolute atomic E-state index is 13.6. The molecule has 0 spiro atoms. The normalized spacial score (nSPS) is 17.6. The standard InChI is InChI=1S/C20H24F3N3O3S/c1-14-13-30-18(24-14)19(28,20(21,22)23)11-17(27)26-9-7-25(8-10-26)12-15-3-5-16(29-2)6-4-15/h3-6,13,28H,7-12H2,1-2H3. The highest BCUT2D eigenvalue weighted by Gasteiger charge is 2.58. The van der Waals surface area contributed by atoms with Gasteiger partial charge >= 0.3 is 6.18 Å². The highest BCUT2D eigenvalue weighted by Crippen LogP contribution is 2.43. The highest BCUT2D eigenvalue weighted by atomic mass is 32.1. The second kappa shape index (κ2) is 8.91. The summed E-state index contributed by atoms with van der Waals surface area (Å²) < 4.78 is 46.0. The van der Waals surface area contributed by atoms with Gasteiger partial charge in [-0.15, -0.1) is 11.3 Å². The van der Waals surface area contributed by atoms with Crippen molar-refractivity contribution in [3.8, 4) is 5.75 Å². The van der Waals surface area contributed by atoms with Gasteiger partial charge in [0.05, 0.1) is 13.5 Å². The second-order valence-electron chi connectivity index (χ2n) is 7.33. The summed E-state index contributed by atoms with van der Waals surface area (Å²) in [7, 11) is 1.60. The van der Waals surface area contributed by atoms with Crippen LogP contribution in [0.4, 0.5) is 13.2 Å². The third-order valence-electron chi connectivity index (χ3n) is 5.14. The van der Waals surface area contributed by atoms with Crippen LogP contribution in [0.2, 0.25) is 0 Å². The molecule has 10 heteroatoms. The van der Waals surface area contributed by atoms with Crippen LogP contribution >= 0.6 is 11.3 Å². The van der Waals surface area contributed by atoms with Crippen molar-refractivity contribution in [3.63, 3.8) is 0 Å². The van der Waals surface area contributed by atoms with E-state index in [2.05, 4.69) is 9.88 Å². The van der Waals surface area contributed by atoms with E-state index in [0.29, 0.717) is 49.8 Å². The molecule has 2 aromatic rings. The minimum atomic E-state index is -5.00. The minimum Gasteiger partial charge on any atom is -0.497 e. The molecule has 164 valence electrons. The van der Waals surface area contributed by atoms with E-state index in [0.717, 1.165) is 11.3 Å². The molecule has 1 aliphatic rings. The van der Waals surface area contributed by atoms with Crippen LogP contribution < -0.4 is 4.74 Å². The zero-order valence-corrected chi connectivity index (χ0v) is 17.6. The number of thiazole rings is 1. The largest absolute Gasteiger partial charge is 0.497 e. The van der Waals surface area contributed by atoms with Crippen molar-refractivity contribution in [1.82, 2.24) is 14.8 Å². The number of hydrogen-bond acceptors (Lipinski definition) is 6. The van der Waals surface area contributed by atoms with E-state index < -0.39 is 29.1 Å². The summed E-state index contributed by atoms with van der Waals surface area (Å²) in [5.41, 5.74) is -1.82. The molecule has 1 aromatic carbocycles. The summed E-state index contributed by atoms with van der Waals surface area (Å²) in [6.07, 6.45) is -6.06. The molecule has 0 saturated carbocycles. The van der Waals surface area contributed by atoms with Crippen molar-refractivity contribution < 1.29 is 27.8 Å². The number of aromatic nitrogens is 1. The topological polar surface area (TPSA) is 65.9 Å². The van der Waals surface area contributed by atoms with Gasteiger partial charge in [0.2, 0.25) is 11.5 Å². The Hall–Kier alpha value is -2.17. The lowest BCUT2D eigenvalue weighted by Gasteiger charge is -2.36. The van der Waals surface area contributed by atoms with E-state index in [9.17, 15) is 23.1 Å². The van der Waals surface area contributed by atoms with Crippen LogP contribution in [-0.2, 0) is 16.9 Å². The molecule has 2 heterocycles. The van der Waals surface area contributed by atoms with E-state index in [1.807, 2.05) is 24.3 Å². The lowest BCUT2D eigenvalue weighted by molar-refractivity contribution is -0.268. The number of rotatable bonds is 6. The van der Waals surface area contributed by atoms with Crippen LogP contribution in [0.1, 0.15) is 22.7 Å². The Morgan fingerprint density at radius 3 is 2.33 bits per heavy atom. The fraction of sp³-hybridized carbons (Fsp3) is 0.500. The zero-order valence-electron chi connectivity index (χ0n) is 16.8. The number of methoxy groups -OCH3 is 1. The third-order valence-corrected chi connectivity index (χ3v) is 6.25. The average Bonchev–Trinajstić information content (AvgIpc) is 3.15. The molecule has 30 heavy (non-hydrogen) atoms. The molecule has 3 rings (SSSR count). The van der Waals surface area contributed by atoms with Gasteiger partial charge in [-0.3, -0.25) is 9.69 Å². The fourth-order valence-electron chi connectivity index (χ4n) is 3.32. The summed E-state index contributed by atoms with van der Waals surface area (Å²) in [6.45, 7) is 3.91. The summed E-state index contributed by atoms with van der Waals surface area (Å²) in [4.78, 5) is 19.9. The number of carbonyl (C=O) groups is 1. The maximum atomic E-state index is 13.6. The SMILES string of the molecule is COc1ccc(CN2CCN(C(=O)CC(O)(c3nc(C)cs3)C(F)(F)F)CC2)cc1. The number of aryl methyl sites for hydroxylation is 1. The van der Waals surface area contributed by atoms with Crippen molar-refractivity contribution in [1.29, 1.82) is 0 Å². The number of piperazine rings is 1.